The predicted molar refractivity (Wildman–Crippen MR) is 30.1 cm³/mol. The summed E-state index contributed by atoms with van der Waals surface area (Å²) in [5.41, 5.74) is 0. The summed E-state index contributed by atoms with van der Waals surface area (Å²) in [4.78, 5) is 0. The Kier molecular flexibility index (Phi) is 7.05. The van der Waals surface area contributed by atoms with Crippen molar-refractivity contribution in [1.82, 2.24) is 0 Å². The Bertz CT molecular complexity index is 122. The van der Waals surface area contributed by atoms with Crippen molar-refractivity contribution in [3.05, 3.63) is 0 Å². The van der Waals surface area contributed by atoms with Gasteiger partial charge >= 0.3 is 48.9 Å². The summed E-state index contributed by atoms with van der Waals surface area (Å²) in [6.45, 7) is 1.37. The molecule has 0 aromatic heterocycles. The third-order valence-electron chi connectivity index (χ3n) is 0.365. The minimum absolute atomic E-state index is 0. The van der Waals surface area contributed by atoms with E-state index in [4.69, 9.17) is 4.55 Å². The fourth-order valence-corrected chi connectivity index (χ4v) is 0. The molecule has 3 nitrogen and oxygen atoms in total. The van der Waals surface area contributed by atoms with Gasteiger partial charge in [0.1, 0.15) is 0 Å². The van der Waals surface area contributed by atoms with Gasteiger partial charge in [-0.2, -0.15) is 8.42 Å². The zero-order chi connectivity index (χ0) is 5.21. The van der Waals surface area contributed by atoms with Gasteiger partial charge in [-0.25, -0.2) is 0 Å². The normalized spacial score (nSPS) is 10.0. The van der Waals surface area contributed by atoms with Crippen LogP contribution in [0, 0.1) is 0 Å². The van der Waals surface area contributed by atoms with Crippen molar-refractivity contribution in [3.8, 4) is 0 Å². The van der Waals surface area contributed by atoms with Crippen LogP contribution in [-0.2, 0) is 10.1 Å². The second-order valence-corrected chi connectivity index (χ2v) is 2.61. The van der Waals surface area contributed by atoms with E-state index in [9.17, 15) is 8.42 Å². The molecule has 0 radical (unpaired) electrons. The van der Waals surface area contributed by atoms with Gasteiger partial charge in [0, 0.05) is 0 Å². The number of rotatable bonds is 1. The van der Waals surface area contributed by atoms with Gasteiger partial charge in [-0.3, -0.25) is 4.55 Å². The van der Waals surface area contributed by atoms with Crippen LogP contribution in [0.15, 0.2) is 0 Å². The molecule has 0 saturated heterocycles. The summed E-state index contributed by atoms with van der Waals surface area (Å²) >= 11 is 0. The second kappa shape index (κ2) is 4.37. The molecule has 0 spiro atoms. The standard InChI is InChI=1S/C2H6O3S.Ba.2H/c1-2-6(3,4)5;;;/h2H2,1H3,(H,3,4,5);;;/q;+2;2*-1. The van der Waals surface area contributed by atoms with E-state index in [2.05, 4.69) is 0 Å². The van der Waals surface area contributed by atoms with Crippen molar-refractivity contribution in [1.29, 1.82) is 0 Å². The SMILES string of the molecule is CCS(=O)(=O)O.[Ba+2].[H-].[H-]. The van der Waals surface area contributed by atoms with E-state index in [1.165, 1.54) is 6.92 Å². The Balaban J connectivity index is -0.0000000417. The quantitative estimate of drug-likeness (QED) is 0.514. The van der Waals surface area contributed by atoms with Gasteiger partial charge in [-0.05, 0) is 6.92 Å². The molecule has 1 N–H and O–H groups in total. The average molecular weight is 249 g/mol. The Hall–Kier alpha value is 1.48. The predicted octanol–water partition coefficient (Wildman–Crippen LogP) is -0.262. The summed E-state index contributed by atoms with van der Waals surface area (Å²) in [5, 5.41) is 0. The zero-order valence-corrected chi connectivity index (χ0v) is 9.34. The van der Waals surface area contributed by atoms with Crippen molar-refractivity contribution in [2.75, 3.05) is 5.75 Å². The van der Waals surface area contributed by atoms with Crippen molar-refractivity contribution < 1.29 is 15.8 Å². The summed E-state index contributed by atoms with van der Waals surface area (Å²) in [6.07, 6.45) is 0. The molecular formula is C2H8BaO3S. The molecule has 0 aliphatic rings. The van der Waals surface area contributed by atoms with E-state index >= 15 is 0 Å². The van der Waals surface area contributed by atoms with E-state index in [0.29, 0.717) is 0 Å². The minimum atomic E-state index is -3.66. The first-order valence-corrected chi connectivity index (χ1v) is 3.12. The van der Waals surface area contributed by atoms with Crippen LogP contribution in [0.4, 0.5) is 0 Å². The fraction of sp³-hybridized carbons (Fsp3) is 1.00. The molecule has 0 aromatic rings. The Labute approximate surface area is 86.3 Å². The van der Waals surface area contributed by atoms with Crippen molar-refractivity contribution >= 4 is 59.0 Å². The number of hydrogen-bond acceptors (Lipinski definition) is 2. The van der Waals surface area contributed by atoms with Crippen molar-refractivity contribution in [3.63, 3.8) is 0 Å². The van der Waals surface area contributed by atoms with Crippen LogP contribution in [-0.4, -0.2) is 67.6 Å². The van der Waals surface area contributed by atoms with Gasteiger partial charge < -0.3 is 2.85 Å². The van der Waals surface area contributed by atoms with Gasteiger partial charge in [0.15, 0.2) is 0 Å². The van der Waals surface area contributed by atoms with Gasteiger partial charge in [-0.15, -0.1) is 0 Å². The minimum Gasteiger partial charge on any atom is -1.00 e. The maximum absolute atomic E-state index is 9.56. The molecule has 42 valence electrons. The van der Waals surface area contributed by atoms with Crippen LogP contribution in [0.1, 0.15) is 9.78 Å². The van der Waals surface area contributed by atoms with Crippen LogP contribution < -0.4 is 0 Å². The van der Waals surface area contributed by atoms with Crippen LogP contribution in [0.25, 0.3) is 0 Å². The van der Waals surface area contributed by atoms with E-state index in [1.54, 1.807) is 0 Å². The van der Waals surface area contributed by atoms with E-state index in [0.717, 1.165) is 0 Å². The van der Waals surface area contributed by atoms with Crippen molar-refractivity contribution in [2.45, 2.75) is 6.92 Å². The molecular weight excluding hydrogens is 241 g/mol. The molecule has 0 unspecified atom stereocenters. The first kappa shape index (κ1) is 11.3. The van der Waals surface area contributed by atoms with Crippen LogP contribution >= 0.6 is 0 Å². The molecule has 5 heteroatoms. The summed E-state index contributed by atoms with van der Waals surface area (Å²) in [6, 6.07) is 0. The molecule has 0 rings (SSSR count). The first-order valence-electron chi connectivity index (χ1n) is 1.51. The van der Waals surface area contributed by atoms with Gasteiger partial charge in [0.2, 0.25) is 0 Å². The van der Waals surface area contributed by atoms with Gasteiger partial charge in [0.25, 0.3) is 10.1 Å². The molecule has 0 atom stereocenters. The number of hydrogen-bond donors (Lipinski definition) is 1. The van der Waals surface area contributed by atoms with Gasteiger partial charge in [0.05, 0.1) is 5.75 Å². The molecule has 0 amide bonds. The Morgan fingerprint density at radius 3 is 1.86 bits per heavy atom. The second-order valence-electron chi connectivity index (χ2n) is 0.871. The Morgan fingerprint density at radius 1 is 1.71 bits per heavy atom. The van der Waals surface area contributed by atoms with E-state index in [-0.39, 0.29) is 57.5 Å². The Morgan fingerprint density at radius 2 is 1.86 bits per heavy atom. The average Bonchev–Trinajstić information content (AvgIpc) is 1.35. The molecule has 7 heavy (non-hydrogen) atoms. The first-order chi connectivity index (χ1) is 2.56. The third-order valence-corrected chi connectivity index (χ3v) is 1.09. The zero-order valence-electron chi connectivity index (χ0n) is 6.09. The molecule has 0 fully saturated rings. The van der Waals surface area contributed by atoms with Crippen molar-refractivity contribution in [2.24, 2.45) is 0 Å². The largest absolute Gasteiger partial charge is 2.00 e. The van der Waals surface area contributed by atoms with E-state index in [1.807, 2.05) is 0 Å². The van der Waals surface area contributed by atoms with Gasteiger partial charge in [-0.1, -0.05) is 0 Å². The summed E-state index contributed by atoms with van der Waals surface area (Å²) < 4.78 is 26.9. The molecule has 0 saturated carbocycles. The molecule has 0 heterocycles. The van der Waals surface area contributed by atoms with Crippen LogP contribution in [0.5, 0.6) is 0 Å². The maximum atomic E-state index is 9.56. The third kappa shape index (κ3) is 11.2. The van der Waals surface area contributed by atoms with Crippen LogP contribution in [0.2, 0.25) is 0 Å². The molecule has 0 aromatic carbocycles. The van der Waals surface area contributed by atoms with E-state index < -0.39 is 10.1 Å². The topological polar surface area (TPSA) is 54.4 Å². The molecule has 0 aliphatic heterocycles. The molecule has 0 bridgehead atoms. The fourth-order valence-electron chi connectivity index (χ4n) is 0. The monoisotopic (exact) mass is 250 g/mol. The van der Waals surface area contributed by atoms with Crippen LogP contribution in [0.3, 0.4) is 0 Å². The maximum Gasteiger partial charge on any atom is 2.00 e. The smallest absolute Gasteiger partial charge is 1.00 e. The summed E-state index contributed by atoms with van der Waals surface area (Å²) in [5.74, 6) is -0.201. The summed E-state index contributed by atoms with van der Waals surface area (Å²) in [7, 11) is -3.66. The molecule has 0 aliphatic carbocycles.